The smallest absolute Gasteiger partial charge is 0.226 e. The Labute approximate surface area is 90.0 Å². The van der Waals surface area contributed by atoms with E-state index < -0.39 is 0 Å². The van der Waals surface area contributed by atoms with Crippen LogP contribution in [0.5, 0.6) is 0 Å². The van der Waals surface area contributed by atoms with E-state index in [0.29, 0.717) is 11.8 Å². The van der Waals surface area contributed by atoms with E-state index in [9.17, 15) is 4.79 Å². The van der Waals surface area contributed by atoms with E-state index >= 15 is 0 Å². The van der Waals surface area contributed by atoms with Gasteiger partial charge in [0.25, 0.3) is 0 Å². The van der Waals surface area contributed by atoms with Crippen LogP contribution in [0.15, 0.2) is 0 Å². The molecule has 0 aromatic rings. The minimum atomic E-state index is -0.144. The lowest BCUT2D eigenvalue weighted by Gasteiger charge is -2.35. The summed E-state index contributed by atoms with van der Waals surface area (Å²) in [6.45, 7) is 2.58. The van der Waals surface area contributed by atoms with Gasteiger partial charge in [-0.05, 0) is 18.8 Å². The largest absolute Gasteiger partial charge is 0.393 e. The molecule has 0 aromatic carbocycles. The molecule has 1 atom stereocenters. The standard InChI is InChI=1S/C10H18ClNO2/c1-7(5-11)10(14)12(2)6-8-3-9(13)4-8/h7-9,13H,3-6H2,1-2H3. The first-order valence-electron chi connectivity index (χ1n) is 5.03. The predicted octanol–water partition coefficient (Wildman–Crippen LogP) is 1.09. The van der Waals surface area contributed by atoms with Gasteiger partial charge in [-0.25, -0.2) is 0 Å². The molecule has 1 saturated carbocycles. The average Bonchev–Trinajstić information content (AvgIpc) is 2.12. The van der Waals surface area contributed by atoms with Crippen molar-refractivity contribution < 1.29 is 9.90 Å². The third kappa shape index (κ3) is 2.85. The van der Waals surface area contributed by atoms with Crippen molar-refractivity contribution in [3.8, 4) is 0 Å². The highest BCUT2D eigenvalue weighted by atomic mass is 35.5. The van der Waals surface area contributed by atoms with Crippen LogP contribution in [0.2, 0.25) is 0 Å². The molecule has 1 unspecified atom stereocenters. The summed E-state index contributed by atoms with van der Waals surface area (Å²) in [5.74, 6) is 0.839. The molecule has 0 radical (unpaired) electrons. The number of carbonyl (C=O) groups is 1. The number of carbonyl (C=O) groups excluding carboxylic acids is 1. The number of halogens is 1. The van der Waals surface area contributed by atoms with Crippen LogP contribution in [0.4, 0.5) is 0 Å². The van der Waals surface area contributed by atoms with Crippen LogP contribution in [0.25, 0.3) is 0 Å². The van der Waals surface area contributed by atoms with Crippen molar-refractivity contribution in [3.05, 3.63) is 0 Å². The lowest BCUT2D eigenvalue weighted by molar-refractivity contribution is -0.134. The highest BCUT2D eigenvalue weighted by Gasteiger charge is 2.29. The Morgan fingerprint density at radius 3 is 2.64 bits per heavy atom. The lowest BCUT2D eigenvalue weighted by atomic mass is 9.82. The van der Waals surface area contributed by atoms with Crippen LogP contribution in [0.1, 0.15) is 19.8 Å². The summed E-state index contributed by atoms with van der Waals surface area (Å²) in [4.78, 5) is 13.3. The second kappa shape index (κ2) is 4.99. The molecule has 0 aromatic heterocycles. The summed E-state index contributed by atoms with van der Waals surface area (Å²) < 4.78 is 0. The number of nitrogens with zero attached hydrogens (tertiary/aromatic N) is 1. The molecular formula is C10H18ClNO2. The Morgan fingerprint density at radius 2 is 2.21 bits per heavy atom. The maximum atomic E-state index is 11.6. The molecular weight excluding hydrogens is 202 g/mol. The van der Waals surface area contributed by atoms with Gasteiger partial charge in [-0.2, -0.15) is 0 Å². The molecule has 0 spiro atoms. The zero-order chi connectivity index (χ0) is 10.7. The first-order valence-corrected chi connectivity index (χ1v) is 5.57. The van der Waals surface area contributed by atoms with Crippen molar-refractivity contribution in [2.75, 3.05) is 19.5 Å². The van der Waals surface area contributed by atoms with Crippen molar-refractivity contribution in [2.24, 2.45) is 11.8 Å². The molecule has 1 fully saturated rings. The summed E-state index contributed by atoms with van der Waals surface area (Å²) in [6, 6.07) is 0. The van der Waals surface area contributed by atoms with Crippen molar-refractivity contribution >= 4 is 17.5 Å². The second-order valence-corrected chi connectivity index (χ2v) is 4.57. The van der Waals surface area contributed by atoms with E-state index in [2.05, 4.69) is 0 Å². The van der Waals surface area contributed by atoms with Gasteiger partial charge < -0.3 is 10.0 Å². The molecule has 0 saturated heterocycles. The van der Waals surface area contributed by atoms with E-state index in [0.717, 1.165) is 19.4 Å². The molecule has 14 heavy (non-hydrogen) atoms. The van der Waals surface area contributed by atoms with E-state index in [1.807, 2.05) is 6.92 Å². The van der Waals surface area contributed by atoms with E-state index in [4.69, 9.17) is 16.7 Å². The molecule has 1 N–H and O–H groups in total. The van der Waals surface area contributed by atoms with Crippen LogP contribution in [-0.2, 0) is 4.79 Å². The first kappa shape index (κ1) is 11.8. The fourth-order valence-corrected chi connectivity index (χ4v) is 1.90. The molecule has 82 valence electrons. The molecule has 0 aliphatic heterocycles. The van der Waals surface area contributed by atoms with Gasteiger partial charge in [-0.1, -0.05) is 6.92 Å². The van der Waals surface area contributed by atoms with Crippen LogP contribution in [0.3, 0.4) is 0 Å². The molecule has 1 aliphatic rings. The second-order valence-electron chi connectivity index (χ2n) is 4.27. The third-order valence-corrected chi connectivity index (χ3v) is 3.24. The Bertz CT molecular complexity index is 204. The highest BCUT2D eigenvalue weighted by Crippen LogP contribution is 2.27. The minimum absolute atomic E-state index is 0.0985. The van der Waals surface area contributed by atoms with Crippen molar-refractivity contribution in [2.45, 2.75) is 25.9 Å². The molecule has 3 nitrogen and oxygen atoms in total. The summed E-state index contributed by atoms with van der Waals surface area (Å²) >= 11 is 5.61. The summed E-state index contributed by atoms with van der Waals surface area (Å²) in [6.07, 6.45) is 1.51. The van der Waals surface area contributed by atoms with Crippen molar-refractivity contribution in [1.29, 1.82) is 0 Å². The fraction of sp³-hybridized carbons (Fsp3) is 0.900. The Morgan fingerprint density at radius 1 is 1.64 bits per heavy atom. The first-order chi connectivity index (χ1) is 6.54. The number of hydrogen-bond donors (Lipinski definition) is 1. The zero-order valence-corrected chi connectivity index (χ0v) is 9.50. The van der Waals surface area contributed by atoms with Crippen LogP contribution in [0, 0.1) is 11.8 Å². The SMILES string of the molecule is CC(CCl)C(=O)N(C)CC1CC(O)C1. The van der Waals surface area contributed by atoms with Gasteiger partial charge in [0.05, 0.1) is 6.10 Å². The minimum Gasteiger partial charge on any atom is -0.393 e. The lowest BCUT2D eigenvalue weighted by Crippen LogP contribution is -2.41. The van der Waals surface area contributed by atoms with Crippen molar-refractivity contribution in [1.82, 2.24) is 4.90 Å². The highest BCUT2D eigenvalue weighted by molar-refractivity contribution is 6.19. The van der Waals surface area contributed by atoms with Crippen molar-refractivity contribution in [3.63, 3.8) is 0 Å². The van der Waals surface area contributed by atoms with Crippen LogP contribution < -0.4 is 0 Å². The average molecular weight is 220 g/mol. The van der Waals surface area contributed by atoms with Gasteiger partial charge >= 0.3 is 0 Å². The van der Waals surface area contributed by atoms with E-state index in [-0.39, 0.29) is 17.9 Å². The Balaban J connectivity index is 2.27. The quantitative estimate of drug-likeness (QED) is 0.720. The summed E-state index contributed by atoms with van der Waals surface area (Å²) in [5.41, 5.74) is 0. The zero-order valence-electron chi connectivity index (χ0n) is 8.74. The molecule has 4 heteroatoms. The van der Waals surface area contributed by atoms with Gasteiger partial charge in [0.15, 0.2) is 0 Å². The van der Waals surface area contributed by atoms with Gasteiger partial charge in [0.1, 0.15) is 0 Å². The van der Waals surface area contributed by atoms with Crippen LogP contribution >= 0.6 is 11.6 Å². The molecule has 1 amide bonds. The maximum absolute atomic E-state index is 11.6. The molecule has 0 bridgehead atoms. The Hall–Kier alpha value is -0.280. The topological polar surface area (TPSA) is 40.5 Å². The number of aliphatic hydroxyl groups excluding tert-OH is 1. The Kier molecular flexibility index (Phi) is 4.20. The van der Waals surface area contributed by atoms with Gasteiger partial charge in [0, 0.05) is 25.4 Å². The number of amides is 1. The number of rotatable bonds is 4. The summed E-state index contributed by atoms with van der Waals surface area (Å²) in [7, 11) is 1.80. The normalized spacial score (nSPS) is 28.0. The number of hydrogen-bond acceptors (Lipinski definition) is 2. The fourth-order valence-electron chi connectivity index (χ4n) is 1.77. The van der Waals surface area contributed by atoms with E-state index in [1.165, 1.54) is 0 Å². The van der Waals surface area contributed by atoms with E-state index in [1.54, 1.807) is 11.9 Å². The number of aliphatic hydroxyl groups is 1. The third-order valence-electron chi connectivity index (χ3n) is 2.77. The molecule has 0 heterocycles. The van der Waals surface area contributed by atoms with Gasteiger partial charge in [-0.15, -0.1) is 11.6 Å². The summed E-state index contributed by atoms with van der Waals surface area (Å²) in [5, 5.41) is 9.10. The molecule has 1 rings (SSSR count). The van der Waals surface area contributed by atoms with Gasteiger partial charge in [0.2, 0.25) is 5.91 Å². The monoisotopic (exact) mass is 219 g/mol. The predicted molar refractivity (Wildman–Crippen MR) is 56.3 cm³/mol. The maximum Gasteiger partial charge on any atom is 0.226 e. The van der Waals surface area contributed by atoms with Gasteiger partial charge in [-0.3, -0.25) is 4.79 Å². The number of alkyl halides is 1. The van der Waals surface area contributed by atoms with Crippen LogP contribution in [-0.4, -0.2) is 41.5 Å². The molecule has 1 aliphatic carbocycles.